The lowest BCUT2D eigenvalue weighted by Gasteiger charge is -1.98. The zero-order valence-electron chi connectivity index (χ0n) is 7.07. The first kappa shape index (κ1) is 11.1. The van der Waals surface area contributed by atoms with Gasteiger partial charge in [-0.3, -0.25) is 9.59 Å². The van der Waals surface area contributed by atoms with Crippen LogP contribution in [-0.4, -0.2) is 16.2 Å². The van der Waals surface area contributed by atoms with Crippen molar-refractivity contribution in [3.63, 3.8) is 0 Å². The molecule has 1 aromatic rings. The van der Waals surface area contributed by atoms with Crippen LogP contribution in [0.5, 0.6) is 0 Å². The number of thioether (sulfide) groups is 1. The number of carboxylic acid groups (broad SMARTS) is 1. The summed E-state index contributed by atoms with van der Waals surface area (Å²) in [5.41, 5.74) is 0. The molecule has 5 heteroatoms. The van der Waals surface area contributed by atoms with Gasteiger partial charge in [0.25, 0.3) is 0 Å². The molecule has 0 saturated carbocycles. The third-order valence-corrected chi connectivity index (χ3v) is 2.47. The van der Waals surface area contributed by atoms with Crippen LogP contribution in [-0.2, 0) is 9.59 Å². The molecule has 0 unspecified atom stereocenters. The fraction of sp³-hybridized carbons (Fsp3) is 0.111. The van der Waals surface area contributed by atoms with Gasteiger partial charge in [0.15, 0.2) is 0 Å². The summed E-state index contributed by atoms with van der Waals surface area (Å²) in [7, 11) is 0. The maximum absolute atomic E-state index is 11.1. The molecule has 0 heterocycles. The van der Waals surface area contributed by atoms with E-state index in [0.717, 1.165) is 11.8 Å². The van der Waals surface area contributed by atoms with Gasteiger partial charge in [-0.05, 0) is 24.3 Å². The molecule has 0 amide bonds. The molecule has 0 atom stereocenters. The summed E-state index contributed by atoms with van der Waals surface area (Å²) in [6.07, 6.45) is -0.465. The minimum atomic E-state index is -1.11. The largest absolute Gasteiger partial charge is 0.481 e. The topological polar surface area (TPSA) is 54.4 Å². The van der Waals surface area contributed by atoms with Gasteiger partial charge in [0.1, 0.15) is 6.42 Å². The number of benzene rings is 1. The van der Waals surface area contributed by atoms with Crippen molar-refractivity contribution in [2.45, 2.75) is 11.3 Å². The maximum atomic E-state index is 11.1. The van der Waals surface area contributed by atoms with Gasteiger partial charge < -0.3 is 5.11 Å². The average molecular weight is 231 g/mol. The van der Waals surface area contributed by atoms with Crippen LogP contribution < -0.4 is 0 Å². The van der Waals surface area contributed by atoms with Crippen molar-refractivity contribution in [2.24, 2.45) is 0 Å². The Bertz CT molecular complexity index is 348. The SMILES string of the molecule is O=C(O)CC(=O)Sc1ccc(Cl)cc1. The number of carbonyl (C=O) groups excluding carboxylic acids is 1. The van der Waals surface area contributed by atoms with Crippen molar-refractivity contribution in [1.82, 2.24) is 0 Å². The lowest BCUT2D eigenvalue weighted by atomic mass is 10.4. The molecular formula is C9H7ClO3S. The van der Waals surface area contributed by atoms with E-state index in [4.69, 9.17) is 16.7 Å². The minimum Gasteiger partial charge on any atom is -0.481 e. The number of carbonyl (C=O) groups is 2. The average Bonchev–Trinajstić information content (AvgIpc) is 2.07. The van der Waals surface area contributed by atoms with Crippen LogP contribution in [0.1, 0.15) is 6.42 Å². The highest BCUT2D eigenvalue weighted by Gasteiger charge is 2.09. The van der Waals surface area contributed by atoms with Crippen molar-refractivity contribution in [3.05, 3.63) is 29.3 Å². The summed E-state index contributed by atoms with van der Waals surface area (Å²) in [6, 6.07) is 6.65. The van der Waals surface area contributed by atoms with Crippen LogP contribution in [0.15, 0.2) is 29.2 Å². The summed E-state index contributed by atoms with van der Waals surface area (Å²) in [6.45, 7) is 0. The van der Waals surface area contributed by atoms with Crippen LogP contribution in [0, 0.1) is 0 Å². The lowest BCUT2D eigenvalue weighted by molar-refractivity contribution is -0.138. The van der Waals surface area contributed by atoms with Gasteiger partial charge in [-0.25, -0.2) is 0 Å². The Morgan fingerprint density at radius 3 is 2.36 bits per heavy atom. The summed E-state index contributed by atoms with van der Waals surface area (Å²) in [4.78, 5) is 22.0. The molecule has 0 aromatic heterocycles. The number of aliphatic carboxylic acids is 1. The van der Waals surface area contributed by atoms with Gasteiger partial charge in [0, 0.05) is 9.92 Å². The van der Waals surface area contributed by atoms with E-state index in [1.807, 2.05) is 0 Å². The van der Waals surface area contributed by atoms with E-state index >= 15 is 0 Å². The fourth-order valence-corrected chi connectivity index (χ4v) is 1.65. The smallest absolute Gasteiger partial charge is 0.311 e. The van der Waals surface area contributed by atoms with Crippen LogP contribution in [0.4, 0.5) is 0 Å². The van der Waals surface area contributed by atoms with Crippen molar-refractivity contribution in [2.75, 3.05) is 0 Å². The third-order valence-electron chi connectivity index (χ3n) is 1.34. The number of rotatable bonds is 3. The Balaban J connectivity index is 2.56. The second-order valence-corrected chi connectivity index (χ2v) is 4.07. The first-order chi connectivity index (χ1) is 6.58. The number of carboxylic acids is 1. The summed E-state index contributed by atoms with van der Waals surface area (Å²) >= 11 is 6.55. The minimum absolute atomic E-state index is 0.389. The second-order valence-electron chi connectivity index (χ2n) is 2.50. The monoisotopic (exact) mass is 230 g/mol. The van der Waals surface area contributed by atoms with E-state index in [1.54, 1.807) is 24.3 Å². The van der Waals surface area contributed by atoms with Crippen LogP contribution in [0.25, 0.3) is 0 Å². The fourth-order valence-electron chi connectivity index (χ4n) is 0.794. The van der Waals surface area contributed by atoms with Gasteiger partial charge >= 0.3 is 5.97 Å². The van der Waals surface area contributed by atoms with Crippen LogP contribution in [0.2, 0.25) is 5.02 Å². The standard InChI is InChI=1S/C9H7ClO3S/c10-6-1-3-7(4-2-6)14-9(13)5-8(11)12/h1-4H,5H2,(H,11,12). The summed E-state index contributed by atoms with van der Waals surface area (Å²) in [5.74, 6) is -1.11. The first-order valence-corrected chi connectivity index (χ1v) is 4.95. The molecule has 0 aliphatic heterocycles. The molecule has 1 rings (SSSR count). The molecule has 1 aromatic carbocycles. The molecule has 0 radical (unpaired) electrons. The summed E-state index contributed by atoms with van der Waals surface area (Å²) in [5, 5.41) is 8.55. The molecule has 0 fully saturated rings. The van der Waals surface area contributed by atoms with Gasteiger partial charge in [0.2, 0.25) is 5.12 Å². The molecule has 0 aliphatic rings. The highest BCUT2D eigenvalue weighted by molar-refractivity contribution is 8.13. The number of hydrogen-bond donors (Lipinski definition) is 1. The normalized spacial score (nSPS) is 9.79. The van der Waals surface area contributed by atoms with E-state index in [2.05, 4.69) is 0 Å². The zero-order chi connectivity index (χ0) is 10.6. The Morgan fingerprint density at radius 1 is 1.29 bits per heavy atom. The van der Waals surface area contributed by atoms with E-state index in [-0.39, 0.29) is 5.12 Å². The highest BCUT2D eigenvalue weighted by Crippen LogP contribution is 2.21. The molecule has 0 spiro atoms. The Hall–Kier alpha value is -1.00. The van der Waals surface area contributed by atoms with Gasteiger partial charge in [-0.15, -0.1) is 0 Å². The molecule has 1 N–H and O–H groups in total. The highest BCUT2D eigenvalue weighted by atomic mass is 35.5. The quantitative estimate of drug-likeness (QED) is 0.640. The zero-order valence-corrected chi connectivity index (χ0v) is 8.64. The predicted molar refractivity (Wildman–Crippen MR) is 54.6 cm³/mol. The van der Waals surface area contributed by atoms with E-state index in [1.165, 1.54) is 0 Å². The first-order valence-electron chi connectivity index (χ1n) is 3.76. The molecule has 3 nitrogen and oxygen atoms in total. The van der Waals surface area contributed by atoms with Crippen molar-refractivity contribution in [1.29, 1.82) is 0 Å². The number of halogens is 1. The van der Waals surface area contributed by atoms with E-state index in [9.17, 15) is 9.59 Å². The molecule has 0 saturated heterocycles. The van der Waals surface area contributed by atoms with Crippen molar-refractivity contribution < 1.29 is 14.7 Å². The molecule has 0 aliphatic carbocycles. The lowest BCUT2D eigenvalue weighted by Crippen LogP contribution is -2.02. The predicted octanol–water partition coefficient (Wildman–Crippen LogP) is 2.43. The van der Waals surface area contributed by atoms with Crippen LogP contribution in [0.3, 0.4) is 0 Å². The molecular weight excluding hydrogens is 224 g/mol. The van der Waals surface area contributed by atoms with Crippen molar-refractivity contribution >= 4 is 34.4 Å². The maximum Gasteiger partial charge on any atom is 0.311 e. The van der Waals surface area contributed by atoms with Gasteiger partial charge in [0.05, 0.1) is 0 Å². The second kappa shape index (κ2) is 5.02. The summed E-state index contributed by atoms with van der Waals surface area (Å²) < 4.78 is 0. The Kier molecular flexibility index (Phi) is 3.98. The molecule has 0 bridgehead atoms. The van der Waals surface area contributed by atoms with Gasteiger partial charge in [-0.1, -0.05) is 23.4 Å². The van der Waals surface area contributed by atoms with Crippen LogP contribution >= 0.6 is 23.4 Å². The van der Waals surface area contributed by atoms with Crippen molar-refractivity contribution in [3.8, 4) is 0 Å². The Labute approximate surface area is 90.1 Å². The Morgan fingerprint density at radius 2 is 1.86 bits per heavy atom. The third kappa shape index (κ3) is 3.81. The molecule has 74 valence electrons. The molecule has 14 heavy (non-hydrogen) atoms. The van der Waals surface area contributed by atoms with E-state index in [0.29, 0.717) is 9.92 Å². The van der Waals surface area contributed by atoms with Gasteiger partial charge in [-0.2, -0.15) is 0 Å². The van der Waals surface area contributed by atoms with E-state index < -0.39 is 12.4 Å². The number of hydrogen-bond acceptors (Lipinski definition) is 3.